The number of benzene rings is 1. The second-order valence-electron chi connectivity index (χ2n) is 6.55. The Bertz CT molecular complexity index is 915. The lowest BCUT2D eigenvalue weighted by molar-refractivity contribution is 0.244. The molecule has 0 saturated heterocycles. The van der Waals surface area contributed by atoms with Crippen molar-refractivity contribution in [3.05, 3.63) is 47.7 Å². The molecule has 1 aromatic carbocycles. The maximum absolute atomic E-state index is 12.5. The number of carbonyl (C=O) groups is 1. The predicted molar refractivity (Wildman–Crippen MR) is 102 cm³/mol. The van der Waals surface area contributed by atoms with Crippen molar-refractivity contribution in [2.45, 2.75) is 38.1 Å². The number of nitrogens with zero attached hydrogens (tertiary/aromatic N) is 3. The summed E-state index contributed by atoms with van der Waals surface area (Å²) in [5, 5.41) is 11.1. The van der Waals surface area contributed by atoms with Crippen molar-refractivity contribution in [3.63, 3.8) is 0 Å². The molecule has 7 heteroatoms. The number of amides is 2. The van der Waals surface area contributed by atoms with Crippen LogP contribution in [0.1, 0.15) is 32.1 Å². The Kier molecular flexibility index (Phi) is 4.75. The summed E-state index contributed by atoms with van der Waals surface area (Å²) >= 11 is 6.01. The average Bonchev–Trinajstić information content (AvgIpc) is 3.01. The second kappa shape index (κ2) is 7.33. The molecular weight excluding hydrogens is 350 g/mol. The van der Waals surface area contributed by atoms with E-state index >= 15 is 0 Å². The zero-order valence-electron chi connectivity index (χ0n) is 14.3. The van der Waals surface area contributed by atoms with Gasteiger partial charge in [0.05, 0.1) is 5.56 Å². The SMILES string of the molecule is O=C(Nc1nn2cccnc2c1-c1ccc(Cl)cc1)NC1CCCCC1. The second-order valence-corrected chi connectivity index (χ2v) is 6.99. The van der Waals surface area contributed by atoms with Gasteiger partial charge in [0.1, 0.15) is 0 Å². The van der Waals surface area contributed by atoms with Gasteiger partial charge in [-0.05, 0) is 36.6 Å². The fraction of sp³-hybridized carbons (Fsp3) is 0.316. The van der Waals surface area contributed by atoms with Crippen molar-refractivity contribution in [2.75, 3.05) is 5.32 Å². The van der Waals surface area contributed by atoms with Crippen LogP contribution in [0.3, 0.4) is 0 Å². The van der Waals surface area contributed by atoms with Gasteiger partial charge in [-0.1, -0.05) is 43.0 Å². The highest BCUT2D eigenvalue weighted by molar-refractivity contribution is 6.30. The molecule has 0 bridgehead atoms. The van der Waals surface area contributed by atoms with Crippen LogP contribution in [0.4, 0.5) is 10.6 Å². The molecule has 1 aliphatic rings. The van der Waals surface area contributed by atoms with Gasteiger partial charge in [0.15, 0.2) is 11.5 Å². The number of hydrogen-bond donors (Lipinski definition) is 2. The molecule has 2 amide bonds. The van der Waals surface area contributed by atoms with Gasteiger partial charge >= 0.3 is 6.03 Å². The van der Waals surface area contributed by atoms with Crippen LogP contribution in [0.15, 0.2) is 42.7 Å². The van der Waals surface area contributed by atoms with E-state index in [1.807, 2.05) is 30.5 Å². The third-order valence-corrected chi connectivity index (χ3v) is 4.95. The number of fused-ring (bicyclic) bond motifs is 1. The molecule has 3 aromatic rings. The topological polar surface area (TPSA) is 71.3 Å². The Balaban J connectivity index is 1.64. The molecule has 134 valence electrons. The van der Waals surface area contributed by atoms with E-state index in [9.17, 15) is 4.79 Å². The van der Waals surface area contributed by atoms with Gasteiger partial charge in [-0.2, -0.15) is 0 Å². The van der Waals surface area contributed by atoms with Crippen LogP contribution in [-0.2, 0) is 0 Å². The minimum absolute atomic E-state index is 0.226. The monoisotopic (exact) mass is 369 g/mol. The van der Waals surface area contributed by atoms with E-state index in [1.165, 1.54) is 19.3 Å². The molecule has 0 radical (unpaired) electrons. The highest BCUT2D eigenvalue weighted by Gasteiger charge is 2.20. The van der Waals surface area contributed by atoms with E-state index in [1.54, 1.807) is 16.8 Å². The maximum atomic E-state index is 12.5. The fourth-order valence-corrected chi connectivity index (χ4v) is 3.56. The van der Waals surface area contributed by atoms with Gasteiger partial charge in [0.2, 0.25) is 0 Å². The van der Waals surface area contributed by atoms with Crippen LogP contribution < -0.4 is 10.6 Å². The van der Waals surface area contributed by atoms with E-state index in [4.69, 9.17) is 11.6 Å². The van der Waals surface area contributed by atoms with E-state index in [0.29, 0.717) is 16.5 Å². The maximum Gasteiger partial charge on any atom is 0.320 e. The summed E-state index contributed by atoms with van der Waals surface area (Å²) in [6.07, 6.45) is 9.17. The van der Waals surface area contributed by atoms with Gasteiger partial charge in [0, 0.05) is 23.5 Å². The molecule has 4 rings (SSSR count). The number of hydrogen-bond acceptors (Lipinski definition) is 3. The zero-order chi connectivity index (χ0) is 17.9. The Morgan fingerprint density at radius 3 is 2.69 bits per heavy atom. The number of urea groups is 1. The molecule has 0 atom stereocenters. The summed E-state index contributed by atoms with van der Waals surface area (Å²) in [5.74, 6) is 0.485. The van der Waals surface area contributed by atoms with E-state index < -0.39 is 0 Å². The molecule has 0 unspecified atom stereocenters. The molecule has 1 aliphatic carbocycles. The van der Waals surface area contributed by atoms with Gasteiger partial charge in [-0.3, -0.25) is 5.32 Å². The predicted octanol–water partition coefficient (Wildman–Crippen LogP) is 4.50. The van der Waals surface area contributed by atoms with Crippen LogP contribution in [0.2, 0.25) is 5.02 Å². The number of anilines is 1. The quantitative estimate of drug-likeness (QED) is 0.713. The molecule has 1 saturated carbocycles. The van der Waals surface area contributed by atoms with Crippen LogP contribution in [0, 0.1) is 0 Å². The third-order valence-electron chi connectivity index (χ3n) is 4.70. The summed E-state index contributed by atoms with van der Waals surface area (Å²) < 4.78 is 1.67. The summed E-state index contributed by atoms with van der Waals surface area (Å²) in [6.45, 7) is 0. The molecule has 2 N–H and O–H groups in total. The fourth-order valence-electron chi connectivity index (χ4n) is 3.43. The highest BCUT2D eigenvalue weighted by Crippen LogP contribution is 2.31. The first kappa shape index (κ1) is 16.8. The Hall–Kier alpha value is -2.60. The normalized spacial score (nSPS) is 15.1. The summed E-state index contributed by atoms with van der Waals surface area (Å²) in [6, 6.07) is 9.24. The molecule has 0 spiro atoms. The smallest absolute Gasteiger partial charge is 0.320 e. The van der Waals surface area contributed by atoms with Crippen molar-refractivity contribution in [2.24, 2.45) is 0 Å². The summed E-state index contributed by atoms with van der Waals surface area (Å²) in [4.78, 5) is 16.9. The number of rotatable bonds is 3. The average molecular weight is 370 g/mol. The van der Waals surface area contributed by atoms with Crippen molar-refractivity contribution >= 4 is 29.1 Å². The van der Waals surface area contributed by atoms with Crippen LogP contribution in [0.5, 0.6) is 0 Å². The molecular formula is C19H20ClN5O. The largest absolute Gasteiger partial charge is 0.335 e. The standard InChI is InChI=1S/C19H20ClN5O/c20-14-9-7-13(8-10-14)16-17(24-25-12-4-11-21-18(16)25)23-19(26)22-15-5-2-1-3-6-15/h4,7-12,15H,1-3,5-6H2,(H2,22,23,24,26). The Morgan fingerprint density at radius 1 is 1.15 bits per heavy atom. The number of nitrogens with one attached hydrogen (secondary N) is 2. The van der Waals surface area contributed by atoms with Crippen LogP contribution in [-0.4, -0.2) is 26.7 Å². The van der Waals surface area contributed by atoms with Crippen molar-refractivity contribution < 1.29 is 4.79 Å². The van der Waals surface area contributed by atoms with Gasteiger partial charge < -0.3 is 5.32 Å². The number of aromatic nitrogens is 3. The summed E-state index contributed by atoms with van der Waals surface area (Å²) in [5.41, 5.74) is 2.36. The lowest BCUT2D eigenvalue weighted by Crippen LogP contribution is -2.39. The van der Waals surface area contributed by atoms with E-state index in [2.05, 4.69) is 20.7 Å². The number of carbonyl (C=O) groups excluding carboxylic acids is 1. The first-order valence-electron chi connectivity index (χ1n) is 8.87. The molecule has 6 nitrogen and oxygen atoms in total. The van der Waals surface area contributed by atoms with Gasteiger partial charge in [0.25, 0.3) is 0 Å². The highest BCUT2D eigenvalue weighted by atomic mass is 35.5. The van der Waals surface area contributed by atoms with E-state index in [-0.39, 0.29) is 12.1 Å². The Morgan fingerprint density at radius 2 is 1.92 bits per heavy atom. The van der Waals surface area contributed by atoms with Crippen molar-refractivity contribution in [3.8, 4) is 11.1 Å². The first-order chi connectivity index (χ1) is 12.7. The third kappa shape index (κ3) is 3.51. The molecule has 0 aliphatic heterocycles. The van der Waals surface area contributed by atoms with Crippen LogP contribution >= 0.6 is 11.6 Å². The molecule has 26 heavy (non-hydrogen) atoms. The minimum Gasteiger partial charge on any atom is -0.335 e. The number of halogens is 1. The molecule has 2 heterocycles. The van der Waals surface area contributed by atoms with Gasteiger partial charge in [-0.15, -0.1) is 5.10 Å². The minimum atomic E-state index is -0.226. The molecule has 1 fully saturated rings. The van der Waals surface area contributed by atoms with Crippen molar-refractivity contribution in [1.29, 1.82) is 0 Å². The Labute approximate surface area is 156 Å². The van der Waals surface area contributed by atoms with Gasteiger partial charge in [-0.25, -0.2) is 14.3 Å². The van der Waals surface area contributed by atoms with Crippen molar-refractivity contribution in [1.82, 2.24) is 19.9 Å². The lowest BCUT2D eigenvalue weighted by atomic mass is 9.96. The first-order valence-corrected chi connectivity index (χ1v) is 9.25. The van der Waals surface area contributed by atoms with Crippen LogP contribution in [0.25, 0.3) is 16.8 Å². The molecule has 2 aromatic heterocycles. The zero-order valence-corrected chi connectivity index (χ0v) is 15.0. The summed E-state index contributed by atoms with van der Waals surface area (Å²) in [7, 11) is 0. The lowest BCUT2D eigenvalue weighted by Gasteiger charge is -2.22. The van der Waals surface area contributed by atoms with E-state index in [0.717, 1.165) is 24.0 Å².